The van der Waals surface area contributed by atoms with Gasteiger partial charge in [0, 0.05) is 0 Å². The first-order valence-electron chi connectivity index (χ1n) is 11.6. The molecule has 0 radical (unpaired) electrons. The molecule has 3 aliphatic rings. The molecule has 4 nitrogen and oxygen atoms in total. The Morgan fingerprint density at radius 2 is 2.10 bits per heavy atom. The van der Waals surface area contributed by atoms with E-state index in [9.17, 15) is 13.5 Å². The summed E-state index contributed by atoms with van der Waals surface area (Å²) in [7, 11) is -3.38. The smallest absolute Gasteiger partial charge is 0.264 e. The molecule has 7 atom stereocenters. The van der Waals surface area contributed by atoms with Crippen LogP contribution >= 0.6 is 0 Å². The molecule has 0 saturated heterocycles. The quantitative estimate of drug-likeness (QED) is 0.551. The fourth-order valence-corrected chi connectivity index (χ4v) is 7.06. The Balaban J connectivity index is 1.68. The molecule has 5 heteroatoms. The van der Waals surface area contributed by atoms with Crippen molar-refractivity contribution < 1.29 is 17.7 Å². The average Bonchev–Trinajstić information content (AvgIpc) is 3.01. The monoisotopic (exact) mass is 424 g/mol. The summed E-state index contributed by atoms with van der Waals surface area (Å²) in [6.07, 6.45) is 16.6. The van der Waals surface area contributed by atoms with E-state index in [0.717, 1.165) is 31.9 Å². The number of hydrogen-bond acceptors (Lipinski definition) is 4. The minimum atomic E-state index is -3.38. The summed E-state index contributed by atoms with van der Waals surface area (Å²) in [4.78, 5) is 0. The molecule has 5 unspecified atom stereocenters. The predicted octanol–water partition coefficient (Wildman–Crippen LogP) is 5.09. The van der Waals surface area contributed by atoms with Crippen molar-refractivity contribution in [1.29, 1.82) is 0 Å². The Morgan fingerprint density at radius 1 is 1.34 bits per heavy atom. The Bertz CT molecular complexity index is 725. The van der Waals surface area contributed by atoms with Gasteiger partial charge in [0.1, 0.15) is 0 Å². The molecule has 0 aromatic heterocycles. The molecular formula is C24H40O4S. The van der Waals surface area contributed by atoms with Crippen molar-refractivity contribution in [2.24, 2.45) is 35.0 Å². The van der Waals surface area contributed by atoms with E-state index in [1.165, 1.54) is 31.3 Å². The molecule has 0 aromatic carbocycles. The molecule has 0 bridgehead atoms. The molecule has 0 aromatic rings. The molecule has 0 spiro atoms. The maximum atomic E-state index is 11.4. The molecular weight excluding hydrogens is 384 g/mol. The summed E-state index contributed by atoms with van der Waals surface area (Å²) in [6.45, 7) is 7.06. The van der Waals surface area contributed by atoms with Gasteiger partial charge in [0.05, 0.1) is 19.0 Å². The van der Waals surface area contributed by atoms with Crippen molar-refractivity contribution in [3.8, 4) is 0 Å². The lowest BCUT2D eigenvalue weighted by molar-refractivity contribution is 0.00647. The van der Waals surface area contributed by atoms with Crippen LogP contribution in [0.2, 0.25) is 0 Å². The van der Waals surface area contributed by atoms with E-state index in [1.54, 1.807) is 0 Å². The summed E-state index contributed by atoms with van der Waals surface area (Å²) in [5.74, 6) is 2.76. The summed E-state index contributed by atoms with van der Waals surface area (Å²) < 4.78 is 28.0. The highest BCUT2D eigenvalue weighted by Crippen LogP contribution is 2.62. The first-order valence-corrected chi connectivity index (χ1v) is 13.4. The standard InChI is InChI=1S/C24H40O4S/c1-5-6-7-20(25)15-18-8-9-21-19(14-18)12-13-24(3)22(10-11-23(21)24)17(2)16-28-29(4,26)27/h8-9,15,17,19-23,25H,5-7,10-14,16H2,1-4H3/b18-15-/t17-,19?,20?,21?,22?,23?,24-/m1/s1. The zero-order valence-corrected chi connectivity index (χ0v) is 19.5. The van der Waals surface area contributed by atoms with Crippen molar-refractivity contribution in [3.63, 3.8) is 0 Å². The molecule has 2 saturated carbocycles. The lowest BCUT2D eigenvalue weighted by Crippen LogP contribution is -2.43. The highest BCUT2D eigenvalue weighted by Gasteiger charge is 2.54. The van der Waals surface area contributed by atoms with Gasteiger partial charge < -0.3 is 5.11 Å². The van der Waals surface area contributed by atoms with Crippen LogP contribution in [0.1, 0.15) is 72.1 Å². The van der Waals surface area contributed by atoms with Crippen LogP contribution in [0, 0.1) is 35.0 Å². The number of rotatable bonds is 8. The van der Waals surface area contributed by atoms with E-state index in [2.05, 4.69) is 39.0 Å². The van der Waals surface area contributed by atoms with Crippen LogP contribution in [0.15, 0.2) is 23.8 Å². The third kappa shape index (κ3) is 5.34. The van der Waals surface area contributed by atoms with E-state index in [0.29, 0.717) is 30.3 Å². The molecule has 0 amide bonds. The van der Waals surface area contributed by atoms with Crippen LogP contribution < -0.4 is 0 Å². The van der Waals surface area contributed by atoms with E-state index < -0.39 is 10.1 Å². The largest absolute Gasteiger partial charge is 0.389 e. The van der Waals surface area contributed by atoms with Gasteiger partial charge in [-0.05, 0) is 79.1 Å². The van der Waals surface area contributed by atoms with Gasteiger partial charge in [0.2, 0.25) is 0 Å². The minimum absolute atomic E-state index is 0.257. The van der Waals surface area contributed by atoms with Crippen molar-refractivity contribution in [2.75, 3.05) is 12.9 Å². The van der Waals surface area contributed by atoms with Crippen molar-refractivity contribution in [2.45, 2.75) is 78.2 Å². The van der Waals surface area contributed by atoms with Crippen LogP contribution in [-0.2, 0) is 14.3 Å². The minimum Gasteiger partial charge on any atom is -0.389 e. The first-order chi connectivity index (χ1) is 13.6. The number of unbranched alkanes of at least 4 members (excludes halogenated alkanes) is 1. The molecule has 166 valence electrons. The van der Waals surface area contributed by atoms with Crippen LogP contribution in [0.25, 0.3) is 0 Å². The summed E-state index contributed by atoms with van der Waals surface area (Å²) in [5, 5.41) is 10.3. The number of allylic oxidation sites excluding steroid dienone is 3. The number of fused-ring (bicyclic) bond motifs is 3. The molecule has 29 heavy (non-hydrogen) atoms. The van der Waals surface area contributed by atoms with Gasteiger partial charge in [0.25, 0.3) is 10.1 Å². The number of aliphatic hydroxyl groups is 1. The fraction of sp³-hybridized carbons (Fsp3) is 0.833. The zero-order valence-electron chi connectivity index (χ0n) is 18.6. The summed E-state index contributed by atoms with van der Waals surface area (Å²) in [6, 6.07) is 0. The third-order valence-corrected chi connectivity index (χ3v) is 8.63. The first kappa shape index (κ1) is 23.0. The second-order valence-corrected chi connectivity index (χ2v) is 11.8. The maximum absolute atomic E-state index is 11.4. The highest BCUT2D eigenvalue weighted by atomic mass is 32.2. The zero-order chi connectivity index (χ0) is 21.2. The Kier molecular flexibility index (Phi) is 7.33. The van der Waals surface area contributed by atoms with Gasteiger partial charge >= 0.3 is 0 Å². The topological polar surface area (TPSA) is 63.6 Å². The number of hydrogen-bond donors (Lipinski definition) is 1. The molecule has 0 heterocycles. The summed E-state index contributed by atoms with van der Waals surface area (Å²) >= 11 is 0. The van der Waals surface area contributed by atoms with Crippen LogP contribution in [0.5, 0.6) is 0 Å². The SMILES string of the molecule is CCCCC(O)/C=C1/C=CC2C(CC[C@@]3(C)C2CCC3[C@H](C)COS(C)(=O)=O)C1. The molecule has 3 rings (SSSR count). The predicted molar refractivity (Wildman–Crippen MR) is 118 cm³/mol. The molecule has 2 fully saturated rings. The highest BCUT2D eigenvalue weighted by molar-refractivity contribution is 7.85. The van der Waals surface area contributed by atoms with Crippen LogP contribution in [-0.4, -0.2) is 32.5 Å². The van der Waals surface area contributed by atoms with E-state index in [-0.39, 0.29) is 17.4 Å². The number of aliphatic hydroxyl groups excluding tert-OH is 1. The Morgan fingerprint density at radius 3 is 2.79 bits per heavy atom. The lowest BCUT2D eigenvalue weighted by atomic mass is 9.55. The van der Waals surface area contributed by atoms with Crippen LogP contribution in [0.4, 0.5) is 0 Å². The molecule has 1 N–H and O–H groups in total. The summed E-state index contributed by atoms with van der Waals surface area (Å²) in [5.41, 5.74) is 1.58. The Labute approximate surface area is 177 Å². The van der Waals surface area contributed by atoms with Crippen molar-refractivity contribution in [3.05, 3.63) is 23.8 Å². The normalized spacial score (nSPS) is 37.9. The molecule has 0 aliphatic heterocycles. The van der Waals surface area contributed by atoms with E-state index in [1.807, 2.05) is 0 Å². The van der Waals surface area contributed by atoms with Crippen molar-refractivity contribution >= 4 is 10.1 Å². The maximum Gasteiger partial charge on any atom is 0.264 e. The van der Waals surface area contributed by atoms with E-state index in [4.69, 9.17) is 4.18 Å². The third-order valence-electron chi connectivity index (χ3n) is 8.07. The van der Waals surface area contributed by atoms with Crippen molar-refractivity contribution in [1.82, 2.24) is 0 Å². The average molecular weight is 425 g/mol. The van der Waals surface area contributed by atoms with Gasteiger partial charge in [-0.3, -0.25) is 4.18 Å². The van der Waals surface area contributed by atoms with Crippen LogP contribution in [0.3, 0.4) is 0 Å². The van der Waals surface area contributed by atoms with Gasteiger partial charge in [-0.25, -0.2) is 0 Å². The van der Waals surface area contributed by atoms with Gasteiger partial charge in [-0.15, -0.1) is 0 Å². The van der Waals surface area contributed by atoms with Gasteiger partial charge in [-0.2, -0.15) is 8.42 Å². The van der Waals surface area contributed by atoms with E-state index >= 15 is 0 Å². The van der Waals surface area contributed by atoms with Gasteiger partial charge in [-0.1, -0.05) is 51.8 Å². The lowest BCUT2D eigenvalue weighted by Gasteiger charge is -2.50. The second kappa shape index (κ2) is 9.23. The second-order valence-electron chi connectivity index (χ2n) is 10.2. The molecule has 3 aliphatic carbocycles. The fourth-order valence-electron chi connectivity index (χ4n) is 6.60. The Hall–Kier alpha value is -0.650. The van der Waals surface area contributed by atoms with Gasteiger partial charge in [0.15, 0.2) is 0 Å².